The quantitative estimate of drug-likeness (QED) is 0.450. The fraction of sp³-hybridized carbons (Fsp3) is 0.211. The summed E-state index contributed by atoms with van der Waals surface area (Å²) in [5.74, 6) is -0.215. The van der Waals surface area contributed by atoms with Gasteiger partial charge in [-0.1, -0.05) is 29.8 Å². The number of carbonyl (C=O) groups is 2. The molecule has 0 saturated heterocycles. The lowest BCUT2D eigenvalue weighted by Crippen LogP contribution is -2.46. The number of nitrogens with zero attached hydrogens (tertiary/aromatic N) is 3. The normalized spacial score (nSPS) is 11.7. The third-order valence-electron chi connectivity index (χ3n) is 3.80. The van der Waals surface area contributed by atoms with E-state index in [1.807, 2.05) is 0 Å². The Bertz CT molecular complexity index is 901. The Morgan fingerprint density at radius 1 is 1.17 bits per heavy atom. The molecule has 0 saturated carbocycles. The highest BCUT2D eigenvalue weighted by Gasteiger charge is 2.30. The second kappa shape index (κ2) is 9.42. The van der Waals surface area contributed by atoms with Crippen molar-refractivity contribution in [1.82, 2.24) is 15.1 Å². The Morgan fingerprint density at radius 3 is 2.41 bits per heavy atom. The highest BCUT2D eigenvalue weighted by molar-refractivity contribution is 6.30. The van der Waals surface area contributed by atoms with Crippen molar-refractivity contribution >= 4 is 35.7 Å². The molecular formula is C19H18ClF3N4O2. The van der Waals surface area contributed by atoms with Crippen LogP contribution in [-0.4, -0.2) is 42.3 Å². The van der Waals surface area contributed by atoms with Crippen LogP contribution in [0.25, 0.3) is 0 Å². The van der Waals surface area contributed by atoms with Gasteiger partial charge in [0, 0.05) is 25.7 Å². The third kappa shape index (κ3) is 6.49. The zero-order valence-corrected chi connectivity index (χ0v) is 16.3. The van der Waals surface area contributed by atoms with E-state index in [4.69, 9.17) is 11.6 Å². The van der Waals surface area contributed by atoms with Gasteiger partial charge in [0.2, 0.25) is 12.4 Å². The van der Waals surface area contributed by atoms with Gasteiger partial charge in [0.25, 0.3) is 0 Å². The molecule has 0 aromatic heterocycles. The molecule has 0 aliphatic carbocycles. The number of hydrogen-bond acceptors (Lipinski definition) is 3. The number of nitrogens with one attached hydrogen (secondary N) is 1. The van der Waals surface area contributed by atoms with Crippen LogP contribution >= 0.6 is 11.6 Å². The highest BCUT2D eigenvalue weighted by atomic mass is 35.5. The molecule has 0 atom stereocenters. The summed E-state index contributed by atoms with van der Waals surface area (Å²) in [6.45, 7) is 0.241. The summed E-state index contributed by atoms with van der Waals surface area (Å²) in [5.41, 5.74) is -0.144. The largest absolute Gasteiger partial charge is 0.416 e. The first-order valence-electron chi connectivity index (χ1n) is 8.31. The van der Waals surface area contributed by atoms with E-state index in [0.29, 0.717) is 11.4 Å². The molecule has 3 amide bonds. The van der Waals surface area contributed by atoms with Crippen molar-refractivity contribution in [3.05, 3.63) is 64.7 Å². The second-order valence-electron chi connectivity index (χ2n) is 6.11. The molecule has 0 aliphatic heterocycles. The van der Waals surface area contributed by atoms with Crippen LogP contribution in [0.15, 0.2) is 53.5 Å². The molecule has 1 N–H and O–H groups in total. The standard InChI is InChI=1S/C19H18ClF3N4O2/c1-26(11-13-6-8-15(20)9-7-13)18(29)25-17(27(2)12-28)24-16-5-3-4-14(10-16)19(21,22)23/h3-10,12H,11H2,1-2H3,(H,24,25,29). The first-order chi connectivity index (χ1) is 13.6. The van der Waals surface area contributed by atoms with Gasteiger partial charge in [-0.05, 0) is 35.9 Å². The number of amides is 3. The summed E-state index contributed by atoms with van der Waals surface area (Å²) < 4.78 is 38.6. The number of urea groups is 1. The van der Waals surface area contributed by atoms with Crippen molar-refractivity contribution in [2.75, 3.05) is 14.1 Å². The van der Waals surface area contributed by atoms with Gasteiger partial charge >= 0.3 is 12.2 Å². The first-order valence-corrected chi connectivity index (χ1v) is 8.68. The zero-order valence-electron chi connectivity index (χ0n) is 15.6. The molecule has 2 rings (SSSR count). The lowest BCUT2D eigenvalue weighted by atomic mass is 10.2. The van der Waals surface area contributed by atoms with E-state index in [1.165, 1.54) is 31.1 Å². The van der Waals surface area contributed by atoms with Crippen LogP contribution in [0, 0.1) is 0 Å². The topological polar surface area (TPSA) is 65.0 Å². The molecule has 0 spiro atoms. The van der Waals surface area contributed by atoms with E-state index in [9.17, 15) is 22.8 Å². The van der Waals surface area contributed by atoms with Gasteiger partial charge < -0.3 is 4.90 Å². The average molecular weight is 427 g/mol. The molecule has 29 heavy (non-hydrogen) atoms. The number of carbonyl (C=O) groups excluding carboxylic acids is 2. The Kier molecular flexibility index (Phi) is 7.22. The number of alkyl halides is 3. The first kappa shape index (κ1) is 22.2. The van der Waals surface area contributed by atoms with Gasteiger partial charge in [0.1, 0.15) is 0 Å². The predicted molar refractivity (Wildman–Crippen MR) is 104 cm³/mol. The van der Waals surface area contributed by atoms with Crippen LogP contribution in [-0.2, 0) is 17.5 Å². The van der Waals surface area contributed by atoms with E-state index in [2.05, 4.69) is 10.3 Å². The van der Waals surface area contributed by atoms with Gasteiger partial charge in [-0.2, -0.15) is 13.2 Å². The van der Waals surface area contributed by atoms with Crippen molar-refractivity contribution in [3.8, 4) is 0 Å². The maximum atomic E-state index is 12.9. The van der Waals surface area contributed by atoms with E-state index in [-0.39, 0.29) is 18.2 Å². The molecule has 2 aromatic rings. The van der Waals surface area contributed by atoms with Gasteiger partial charge in [0.15, 0.2) is 0 Å². The highest BCUT2D eigenvalue weighted by Crippen LogP contribution is 2.31. The summed E-state index contributed by atoms with van der Waals surface area (Å²) in [7, 11) is 2.84. The van der Waals surface area contributed by atoms with Crippen molar-refractivity contribution < 1.29 is 22.8 Å². The third-order valence-corrected chi connectivity index (χ3v) is 4.05. The van der Waals surface area contributed by atoms with Gasteiger partial charge in [0.05, 0.1) is 11.3 Å². The number of halogens is 4. The molecule has 0 unspecified atom stereocenters. The van der Waals surface area contributed by atoms with Gasteiger partial charge in [-0.25, -0.2) is 9.79 Å². The molecule has 154 valence electrons. The number of guanidine groups is 1. The Balaban J connectivity index is 2.19. The Labute approximate surface area is 170 Å². The minimum absolute atomic E-state index is 0.0656. The molecule has 0 heterocycles. The molecular weight excluding hydrogens is 409 g/mol. The monoisotopic (exact) mass is 426 g/mol. The Morgan fingerprint density at radius 2 is 1.83 bits per heavy atom. The van der Waals surface area contributed by atoms with Crippen LogP contribution in [0.2, 0.25) is 5.02 Å². The summed E-state index contributed by atoms with van der Waals surface area (Å²) >= 11 is 5.83. The average Bonchev–Trinajstić information content (AvgIpc) is 2.68. The molecule has 0 bridgehead atoms. The van der Waals surface area contributed by atoms with Crippen molar-refractivity contribution in [2.24, 2.45) is 4.99 Å². The number of aliphatic imine (C=N–C) groups is 1. The van der Waals surface area contributed by atoms with Crippen LogP contribution in [0.1, 0.15) is 11.1 Å². The molecule has 6 nitrogen and oxygen atoms in total. The number of hydrogen-bond donors (Lipinski definition) is 1. The fourth-order valence-electron chi connectivity index (χ4n) is 2.25. The van der Waals surface area contributed by atoms with Crippen LogP contribution in [0.5, 0.6) is 0 Å². The molecule has 0 fully saturated rings. The van der Waals surface area contributed by atoms with E-state index in [1.54, 1.807) is 24.3 Å². The maximum Gasteiger partial charge on any atom is 0.416 e. The zero-order chi connectivity index (χ0) is 21.6. The fourth-order valence-corrected chi connectivity index (χ4v) is 2.37. The smallest absolute Gasteiger partial charge is 0.323 e. The minimum atomic E-state index is -4.54. The van der Waals surface area contributed by atoms with Crippen molar-refractivity contribution in [1.29, 1.82) is 0 Å². The van der Waals surface area contributed by atoms with Crippen LogP contribution in [0.3, 0.4) is 0 Å². The molecule has 10 heteroatoms. The lowest BCUT2D eigenvalue weighted by Gasteiger charge is -2.21. The maximum absolute atomic E-state index is 12.9. The Hall–Kier alpha value is -3.07. The summed E-state index contributed by atoms with van der Waals surface area (Å²) in [6.07, 6.45) is -4.16. The van der Waals surface area contributed by atoms with E-state index < -0.39 is 17.8 Å². The van der Waals surface area contributed by atoms with E-state index >= 15 is 0 Å². The van der Waals surface area contributed by atoms with Gasteiger partial charge in [-0.15, -0.1) is 0 Å². The molecule has 0 aliphatic rings. The SMILES string of the molecule is CN(C=O)C(=Nc1cccc(C(F)(F)F)c1)NC(=O)N(C)Cc1ccc(Cl)cc1. The molecule has 0 radical (unpaired) electrons. The van der Waals surface area contributed by atoms with Crippen molar-refractivity contribution in [3.63, 3.8) is 0 Å². The second-order valence-corrected chi connectivity index (χ2v) is 6.55. The van der Waals surface area contributed by atoms with E-state index in [0.717, 1.165) is 22.6 Å². The summed E-state index contributed by atoms with van der Waals surface area (Å²) in [6, 6.07) is 10.5. The van der Waals surface area contributed by atoms with Crippen molar-refractivity contribution in [2.45, 2.75) is 12.7 Å². The van der Waals surface area contributed by atoms with Crippen LogP contribution in [0.4, 0.5) is 23.7 Å². The van der Waals surface area contributed by atoms with Crippen LogP contribution < -0.4 is 5.32 Å². The van der Waals surface area contributed by atoms with Gasteiger partial charge in [-0.3, -0.25) is 15.0 Å². The predicted octanol–water partition coefficient (Wildman–Crippen LogP) is 4.28. The number of rotatable bonds is 4. The number of benzene rings is 2. The molecule has 2 aromatic carbocycles. The minimum Gasteiger partial charge on any atom is -0.323 e. The lowest BCUT2D eigenvalue weighted by molar-refractivity contribution is -0.137. The summed E-state index contributed by atoms with van der Waals surface area (Å²) in [5, 5.41) is 2.99. The summed E-state index contributed by atoms with van der Waals surface area (Å²) in [4.78, 5) is 29.8.